The van der Waals surface area contributed by atoms with E-state index in [0.717, 1.165) is 6.54 Å². The summed E-state index contributed by atoms with van der Waals surface area (Å²) in [6.45, 7) is 5.64. The zero-order valence-electron chi connectivity index (χ0n) is 12.3. The molecule has 0 N–H and O–H groups in total. The van der Waals surface area contributed by atoms with E-state index in [9.17, 15) is 0 Å². The monoisotopic (exact) mass is 248 g/mol. The first-order valence-corrected chi connectivity index (χ1v) is 7.84. The summed E-state index contributed by atoms with van der Waals surface area (Å²) in [5, 5.41) is 0. The lowest BCUT2D eigenvalue weighted by Crippen LogP contribution is -2.32. The molecule has 1 aromatic rings. The van der Waals surface area contributed by atoms with Crippen molar-refractivity contribution in [3.8, 4) is 0 Å². The van der Waals surface area contributed by atoms with Crippen molar-refractivity contribution in [2.24, 2.45) is 0 Å². The number of rotatable bonds is 10. The van der Waals surface area contributed by atoms with Gasteiger partial charge in [0.2, 0.25) is 0 Å². The van der Waals surface area contributed by atoms with Gasteiger partial charge in [-0.2, -0.15) is 0 Å². The Balaban J connectivity index is 2.08. The van der Waals surface area contributed by atoms with E-state index >= 15 is 0 Å². The SMILES string of the molecule is CCCCCCCCCc1cc[n+](CCC)cc1. The van der Waals surface area contributed by atoms with Crippen LogP contribution in [0.25, 0.3) is 0 Å². The summed E-state index contributed by atoms with van der Waals surface area (Å²) in [4.78, 5) is 0. The first-order chi connectivity index (χ1) is 8.86. The van der Waals surface area contributed by atoms with Crippen LogP contribution in [0, 0.1) is 0 Å². The highest BCUT2D eigenvalue weighted by atomic mass is 14.9. The van der Waals surface area contributed by atoms with Gasteiger partial charge in [0.25, 0.3) is 0 Å². The zero-order chi connectivity index (χ0) is 13.1. The molecule has 0 saturated carbocycles. The van der Waals surface area contributed by atoms with Gasteiger partial charge in [-0.05, 0) is 18.4 Å². The first-order valence-electron chi connectivity index (χ1n) is 7.84. The normalized spacial score (nSPS) is 10.8. The van der Waals surface area contributed by atoms with Crippen molar-refractivity contribution in [2.75, 3.05) is 0 Å². The van der Waals surface area contributed by atoms with Gasteiger partial charge in [-0.3, -0.25) is 0 Å². The van der Waals surface area contributed by atoms with Crippen molar-refractivity contribution in [3.63, 3.8) is 0 Å². The third kappa shape index (κ3) is 6.78. The molecule has 0 atom stereocenters. The predicted octanol–water partition coefficient (Wildman–Crippen LogP) is 4.68. The molecule has 1 rings (SSSR count). The molecule has 0 aliphatic rings. The fourth-order valence-corrected chi connectivity index (χ4v) is 2.35. The minimum absolute atomic E-state index is 1.14. The lowest BCUT2D eigenvalue weighted by atomic mass is 10.1. The molecule has 0 spiro atoms. The molecule has 1 aromatic heterocycles. The average Bonchev–Trinajstić information content (AvgIpc) is 2.40. The van der Waals surface area contributed by atoms with Crippen LogP contribution >= 0.6 is 0 Å². The van der Waals surface area contributed by atoms with Crippen LogP contribution in [0.15, 0.2) is 24.5 Å². The Morgan fingerprint density at radius 2 is 1.39 bits per heavy atom. The molecule has 0 aromatic carbocycles. The van der Waals surface area contributed by atoms with Crippen LogP contribution in [-0.4, -0.2) is 0 Å². The standard InChI is InChI=1S/C17H30N/c1-3-5-6-7-8-9-10-11-17-12-15-18(14-4-2)16-13-17/h12-13,15-16H,3-11,14H2,1-2H3/q+1. The van der Waals surface area contributed by atoms with E-state index in [2.05, 4.69) is 42.9 Å². The lowest BCUT2D eigenvalue weighted by Gasteiger charge is -2.02. The molecule has 1 heteroatoms. The summed E-state index contributed by atoms with van der Waals surface area (Å²) in [5.74, 6) is 0. The van der Waals surface area contributed by atoms with Gasteiger partial charge < -0.3 is 0 Å². The molecule has 0 radical (unpaired) electrons. The molecular formula is C17H30N+. The maximum atomic E-state index is 2.28. The molecule has 0 fully saturated rings. The fraction of sp³-hybridized carbons (Fsp3) is 0.706. The summed E-state index contributed by atoms with van der Waals surface area (Å²) in [6, 6.07) is 4.57. The second-order valence-corrected chi connectivity index (χ2v) is 5.32. The highest BCUT2D eigenvalue weighted by molar-refractivity contribution is 5.07. The van der Waals surface area contributed by atoms with Gasteiger partial charge in [0.1, 0.15) is 6.54 Å². The highest BCUT2D eigenvalue weighted by Crippen LogP contribution is 2.09. The number of aromatic nitrogens is 1. The van der Waals surface area contributed by atoms with Gasteiger partial charge in [0.05, 0.1) is 0 Å². The second-order valence-electron chi connectivity index (χ2n) is 5.32. The van der Waals surface area contributed by atoms with Crippen LogP contribution in [0.3, 0.4) is 0 Å². The third-order valence-electron chi connectivity index (χ3n) is 3.51. The van der Waals surface area contributed by atoms with Crippen LogP contribution in [0.2, 0.25) is 0 Å². The van der Waals surface area contributed by atoms with E-state index in [1.54, 1.807) is 0 Å². The highest BCUT2D eigenvalue weighted by Gasteiger charge is 1.99. The van der Waals surface area contributed by atoms with Crippen molar-refractivity contribution in [3.05, 3.63) is 30.1 Å². The quantitative estimate of drug-likeness (QED) is 0.418. The summed E-state index contributed by atoms with van der Waals surface area (Å²) in [7, 11) is 0. The van der Waals surface area contributed by atoms with Gasteiger partial charge in [-0.15, -0.1) is 0 Å². The Labute approximate surface area is 113 Å². The van der Waals surface area contributed by atoms with E-state index < -0.39 is 0 Å². The van der Waals surface area contributed by atoms with Crippen molar-refractivity contribution in [2.45, 2.75) is 78.2 Å². The molecule has 0 aliphatic heterocycles. The summed E-state index contributed by atoms with van der Waals surface area (Å²) >= 11 is 0. The molecule has 1 heterocycles. The summed E-state index contributed by atoms with van der Waals surface area (Å²) in [6.07, 6.45) is 16.7. The molecule has 102 valence electrons. The van der Waals surface area contributed by atoms with E-state index in [0.29, 0.717) is 0 Å². The first kappa shape index (κ1) is 15.2. The van der Waals surface area contributed by atoms with Crippen LogP contribution in [0.5, 0.6) is 0 Å². The van der Waals surface area contributed by atoms with Crippen LogP contribution < -0.4 is 4.57 Å². The van der Waals surface area contributed by atoms with E-state index in [-0.39, 0.29) is 0 Å². The fourth-order valence-electron chi connectivity index (χ4n) is 2.35. The molecule has 0 bridgehead atoms. The molecule has 1 nitrogen and oxygen atoms in total. The van der Waals surface area contributed by atoms with Gasteiger partial charge >= 0.3 is 0 Å². The van der Waals surface area contributed by atoms with Crippen molar-refractivity contribution in [1.82, 2.24) is 0 Å². The van der Waals surface area contributed by atoms with E-state index in [1.807, 2.05) is 0 Å². The number of hydrogen-bond acceptors (Lipinski definition) is 0. The van der Waals surface area contributed by atoms with Gasteiger partial charge in [0.15, 0.2) is 12.4 Å². The Morgan fingerprint density at radius 1 is 0.778 bits per heavy atom. The Kier molecular flexibility index (Phi) is 8.54. The minimum atomic E-state index is 1.14. The Bertz CT molecular complexity index is 289. The molecule has 0 saturated heterocycles. The molecule has 0 unspecified atom stereocenters. The zero-order valence-corrected chi connectivity index (χ0v) is 12.3. The largest absolute Gasteiger partial charge is 0.205 e. The van der Waals surface area contributed by atoms with Gasteiger partial charge in [0, 0.05) is 18.6 Å². The van der Waals surface area contributed by atoms with E-state index in [1.165, 1.54) is 63.4 Å². The number of nitrogens with zero attached hydrogens (tertiary/aromatic N) is 1. The molecule has 0 amide bonds. The van der Waals surface area contributed by atoms with Crippen molar-refractivity contribution in [1.29, 1.82) is 0 Å². The number of hydrogen-bond donors (Lipinski definition) is 0. The average molecular weight is 248 g/mol. The van der Waals surface area contributed by atoms with Gasteiger partial charge in [-0.1, -0.05) is 52.4 Å². The number of unbranched alkanes of at least 4 members (excludes halogenated alkanes) is 6. The van der Waals surface area contributed by atoms with Crippen LogP contribution in [0.4, 0.5) is 0 Å². The van der Waals surface area contributed by atoms with Gasteiger partial charge in [-0.25, -0.2) is 4.57 Å². The second kappa shape index (κ2) is 10.1. The predicted molar refractivity (Wildman–Crippen MR) is 78.6 cm³/mol. The Hall–Kier alpha value is -0.850. The molecule has 0 aliphatic carbocycles. The maximum absolute atomic E-state index is 2.28. The summed E-state index contributed by atoms with van der Waals surface area (Å²) in [5.41, 5.74) is 1.50. The maximum Gasteiger partial charge on any atom is 0.169 e. The third-order valence-corrected chi connectivity index (χ3v) is 3.51. The minimum Gasteiger partial charge on any atom is -0.205 e. The Morgan fingerprint density at radius 3 is 2.00 bits per heavy atom. The molecular weight excluding hydrogens is 218 g/mol. The topological polar surface area (TPSA) is 3.88 Å². The van der Waals surface area contributed by atoms with Crippen LogP contribution in [-0.2, 0) is 13.0 Å². The van der Waals surface area contributed by atoms with Crippen molar-refractivity contribution >= 4 is 0 Å². The smallest absolute Gasteiger partial charge is 0.169 e. The number of pyridine rings is 1. The van der Waals surface area contributed by atoms with E-state index in [4.69, 9.17) is 0 Å². The summed E-state index contributed by atoms with van der Waals surface area (Å²) < 4.78 is 2.27. The number of aryl methyl sites for hydroxylation is 2. The lowest BCUT2D eigenvalue weighted by molar-refractivity contribution is -0.697. The molecule has 18 heavy (non-hydrogen) atoms. The van der Waals surface area contributed by atoms with Crippen molar-refractivity contribution < 1.29 is 4.57 Å². The van der Waals surface area contributed by atoms with Crippen LogP contribution in [0.1, 0.15) is 70.8 Å².